The van der Waals surface area contributed by atoms with Crippen LogP contribution in [0.3, 0.4) is 0 Å². The zero-order valence-electron chi connectivity index (χ0n) is 14.5. The van der Waals surface area contributed by atoms with Gasteiger partial charge in [0.25, 0.3) is 5.91 Å². The molecule has 0 spiro atoms. The van der Waals surface area contributed by atoms with Crippen molar-refractivity contribution >= 4 is 11.9 Å². The molecule has 2 rings (SSSR count). The Bertz CT molecular complexity index is 700. The first-order valence-electron chi connectivity index (χ1n) is 8.25. The van der Waals surface area contributed by atoms with E-state index in [1.165, 1.54) is 0 Å². The molecule has 0 unspecified atom stereocenters. The van der Waals surface area contributed by atoms with Crippen molar-refractivity contribution in [3.63, 3.8) is 0 Å². The van der Waals surface area contributed by atoms with Crippen LogP contribution in [0.4, 0.5) is 0 Å². The number of ether oxygens (including phenoxy) is 2. The summed E-state index contributed by atoms with van der Waals surface area (Å²) in [7, 11) is 1.58. The van der Waals surface area contributed by atoms with Gasteiger partial charge in [-0.2, -0.15) is 0 Å². The number of methoxy groups -OCH3 is 1. The van der Waals surface area contributed by atoms with Crippen molar-refractivity contribution in [2.75, 3.05) is 13.7 Å². The maximum absolute atomic E-state index is 12.2. The van der Waals surface area contributed by atoms with Crippen LogP contribution in [0.1, 0.15) is 30.4 Å². The average molecular weight is 341 g/mol. The number of rotatable bonds is 8. The molecule has 0 aliphatic carbocycles. The first-order valence-corrected chi connectivity index (χ1v) is 8.25. The Balaban J connectivity index is 1.84. The Morgan fingerprint density at radius 1 is 1.04 bits per heavy atom. The first kappa shape index (κ1) is 18.5. The number of amides is 1. The third-order valence-corrected chi connectivity index (χ3v) is 3.91. The number of nitrogens with one attached hydrogen (secondary N) is 1. The Morgan fingerprint density at radius 3 is 2.40 bits per heavy atom. The number of esters is 1. The third kappa shape index (κ3) is 5.35. The Labute approximate surface area is 148 Å². The molecule has 0 aromatic heterocycles. The van der Waals surface area contributed by atoms with Gasteiger partial charge in [0.2, 0.25) is 0 Å². The van der Waals surface area contributed by atoms with Crippen molar-refractivity contribution in [2.24, 2.45) is 0 Å². The van der Waals surface area contributed by atoms with Crippen molar-refractivity contribution in [2.45, 2.75) is 25.8 Å². The van der Waals surface area contributed by atoms with Crippen LogP contribution in [-0.4, -0.2) is 25.6 Å². The first-order chi connectivity index (χ1) is 12.2. The molecule has 1 N–H and O–H groups in total. The van der Waals surface area contributed by atoms with E-state index in [1.807, 2.05) is 61.5 Å². The molecule has 0 bridgehead atoms. The van der Waals surface area contributed by atoms with Gasteiger partial charge >= 0.3 is 5.97 Å². The highest BCUT2D eigenvalue weighted by atomic mass is 16.5. The summed E-state index contributed by atoms with van der Waals surface area (Å²) in [5.74, 6) is -0.388. The predicted octanol–water partition coefficient (Wildman–Crippen LogP) is 3.05. The summed E-state index contributed by atoms with van der Waals surface area (Å²) >= 11 is 0. The highest BCUT2D eigenvalue weighted by Gasteiger charge is 2.20. The van der Waals surface area contributed by atoms with E-state index >= 15 is 0 Å². The van der Waals surface area contributed by atoms with Gasteiger partial charge in [-0.1, -0.05) is 55.5 Å². The maximum atomic E-state index is 12.2. The normalized spacial score (nSPS) is 11.4. The fraction of sp³-hybridized carbons (Fsp3) is 0.300. The van der Waals surface area contributed by atoms with Gasteiger partial charge in [-0.3, -0.25) is 9.59 Å². The number of hydrogen-bond acceptors (Lipinski definition) is 4. The minimum absolute atomic E-state index is 0.294. The topological polar surface area (TPSA) is 64.6 Å². The second-order valence-corrected chi connectivity index (χ2v) is 5.57. The van der Waals surface area contributed by atoms with Gasteiger partial charge in [0.05, 0.1) is 13.0 Å². The molecule has 1 atom stereocenters. The highest BCUT2D eigenvalue weighted by Crippen LogP contribution is 2.20. The number of benzene rings is 2. The molecule has 0 saturated heterocycles. The summed E-state index contributed by atoms with van der Waals surface area (Å²) in [5.41, 5.74) is 1.75. The summed E-state index contributed by atoms with van der Waals surface area (Å²) in [4.78, 5) is 24.2. The molecule has 5 nitrogen and oxygen atoms in total. The molecule has 0 aliphatic rings. The molecule has 2 aromatic rings. The molecular formula is C20H23NO4. The monoisotopic (exact) mass is 341 g/mol. The van der Waals surface area contributed by atoms with Crippen LogP contribution in [0.2, 0.25) is 0 Å². The van der Waals surface area contributed by atoms with E-state index in [4.69, 9.17) is 9.47 Å². The SMILES string of the molecule is CC[C@@H](C(=O)OCC(=O)NCc1ccccc1OC)c1ccccc1. The minimum atomic E-state index is -0.388. The van der Waals surface area contributed by atoms with Crippen LogP contribution in [0, 0.1) is 0 Å². The lowest BCUT2D eigenvalue weighted by Crippen LogP contribution is -2.29. The molecule has 25 heavy (non-hydrogen) atoms. The maximum Gasteiger partial charge on any atom is 0.313 e. The summed E-state index contributed by atoms with van der Waals surface area (Å²) in [5, 5.41) is 2.73. The molecule has 132 valence electrons. The van der Waals surface area contributed by atoms with E-state index in [0.29, 0.717) is 18.7 Å². The number of para-hydroxylation sites is 1. The zero-order valence-corrected chi connectivity index (χ0v) is 14.5. The molecule has 1 amide bonds. The van der Waals surface area contributed by atoms with Crippen molar-refractivity contribution in [3.05, 3.63) is 65.7 Å². The predicted molar refractivity (Wildman–Crippen MR) is 95.3 cm³/mol. The quantitative estimate of drug-likeness (QED) is 0.750. The van der Waals surface area contributed by atoms with Crippen LogP contribution in [0.25, 0.3) is 0 Å². The number of carbonyl (C=O) groups excluding carboxylic acids is 2. The molecule has 5 heteroatoms. The number of hydrogen-bond donors (Lipinski definition) is 1. The van der Waals surface area contributed by atoms with Gasteiger partial charge in [0.15, 0.2) is 6.61 Å². The molecular weight excluding hydrogens is 318 g/mol. The van der Waals surface area contributed by atoms with Gasteiger partial charge in [0.1, 0.15) is 5.75 Å². The standard InChI is InChI=1S/C20H23NO4/c1-3-17(15-9-5-4-6-10-15)20(23)25-14-19(22)21-13-16-11-7-8-12-18(16)24-2/h4-12,17H,3,13-14H2,1-2H3,(H,21,22)/t17-/m1/s1. The zero-order chi connectivity index (χ0) is 18.1. The average Bonchev–Trinajstić information content (AvgIpc) is 2.66. The van der Waals surface area contributed by atoms with Crippen LogP contribution < -0.4 is 10.1 Å². The van der Waals surface area contributed by atoms with E-state index in [2.05, 4.69) is 5.32 Å². The molecule has 0 saturated carbocycles. The van der Waals surface area contributed by atoms with Crippen LogP contribution in [-0.2, 0) is 20.9 Å². The van der Waals surface area contributed by atoms with Gasteiger partial charge in [-0.05, 0) is 18.1 Å². The second-order valence-electron chi connectivity index (χ2n) is 5.57. The minimum Gasteiger partial charge on any atom is -0.496 e. The van der Waals surface area contributed by atoms with Crippen molar-refractivity contribution in [3.8, 4) is 5.75 Å². The molecule has 0 radical (unpaired) electrons. The lowest BCUT2D eigenvalue weighted by Gasteiger charge is -2.14. The van der Waals surface area contributed by atoms with Gasteiger partial charge in [-0.15, -0.1) is 0 Å². The fourth-order valence-electron chi connectivity index (χ4n) is 2.55. The van der Waals surface area contributed by atoms with E-state index in [0.717, 1.165) is 11.1 Å². The van der Waals surface area contributed by atoms with E-state index < -0.39 is 0 Å². The van der Waals surface area contributed by atoms with Gasteiger partial charge in [-0.25, -0.2) is 0 Å². The summed E-state index contributed by atoms with van der Waals surface area (Å²) in [6.07, 6.45) is 0.617. The summed E-state index contributed by atoms with van der Waals surface area (Å²) in [6.45, 7) is 1.94. The molecule has 2 aromatic carbocycles. The van der Waals surface area contributed by atoms with Crippen molar-refractivity contribution in [1.82, 2.24) is 5.32 Å². The van der Waals surface area contributed by atoms with E-state index in [9.17, 15) is 9.59 Å². The third-order valence-electron chi connectivity index (χ3n) is 3.91. The Morgan fingerprint density at radius 2 is 1.72 bits per heavy atom. The highest BCUT2D eigenvalue weighted by molar-refractivity contribution is 5.83. The summed E-state index contributed by atoms with van der Waals surface area (Å²) in [6, 6.07) is 16.9. The summed E-state index contributed by atoms with van der Waals surface area (Å²) < 4.78 is 10.4. The smallest absolute Gasteiger partial charge is 0.313 e. The lowest BCUT2D eigenvalue weighted by molar-refractivity contribution is -0.150. The number of carbonyl (C=O) groups is 2. The van der Waals surface area contributed by atoms with E-state index in [-0.39, 0.29) is 24.4 Å². The van der Waals surface area contributed by atoms with Gasteiger partial charge in [0, 0.05) is 12.1 Å². The second kappa shape index (κ2) is 9.47. The van der Waals surface area contributed by atoms with Crippen LogP contribution >= 0.6 is 0 Å². The van der Waals surface area contributed by atoms with Crippen LogP contribution in [0.15, 0.2) is 54.6 Å². The fourth-order valence-corrected chi connectivity index (χ4v) is 2.55. The van der Waals surface area contributed by atoms with Crippen molar-refractivity contribution in [1.29, 1.82) is 0 Å². The Kier molecular flexibility index (Phi) is 7.01. The van der Waals surface area contributed by atoms with Gasteiger partial charge < -0.3 is 14.8 Å². The van der Waals surface area contributed by atoms with E-state index in [1.54, 1.807) is 7.11 Å². The lowest BCUT2D eigenvalue weighted by atomic mass is 9.97. The molecule has 0 aliphatic heterocycles. The van der Waals surface area contributed by atoms with Crippen molar-refractivity contribution < 1.29 is 19.1 Å². The molecule has 0 fully saturated rings. The Hall–Kier alpha value is -2.82. The van der Waals surface area contributed by atoms with Crippen LogP contribution in [0.5, 0.6) is 5.75 Å². The largest absolute Gasteiger partial charge is 0.496 e. The molecule has 0 heterocycles.